The first-order valence-corrected chi connectivity index (χ1v) is 9.59. The van der Waals surface area contributed by atoms with Gasteiger partial charge in [0.25, 0.3) is 5.91 Å². The first kappa shape index (κ1) is 20.6. The maximum atomic E-state index is 12.8. The van der Waals surface area contributed by atoms with Crippen molar-refractivity contribution in [3.05, 3.63) is 45.4 Å². The summed E-state index contributed by atoms with van der Waals surface area (Å²) in [6.07, 6.45) is 2.35. The lowest BCUT2D eigenvalue weighted by atomic mass is 10.2. The zero-order chi connectivity index (χ0) is 19.1. The van der Waals surface area contributed by atoms with E-state index in [0.717, 1.165) is 13.0 Å². The highest BCUT2D eigenvalue weighted by Crippen LogP contribution is 2.23. The SMILES string of the molecule is CN(C)CCCN(CC(=O)Nc1nccs1)C(=O)c1ccc(Cl)c(Cl)c1. The standard InChI is InChI=1S/C17H20Cl2N4O2S/c1-22(2)7-3-8-23(11-15(24)21-17-20-6-9-26-17)16(25)12-4-5-13(18)14(19)10-12/h4-6,9-10H,3,7-8,11H2,1-2H3,(H,20,21,24). The lowest BCUT2D eigenvalue weighted by Gasteiger charge is -2.23. The van der Waals surface area contributed by atoms with E-state index in [1.54, 1.807) is 23.7 Å². The largest absolute Gasteiger partial charge is 0.329 e. The van der Waals surface area contributed by atoms with Crippen molar-refractivity contribution in [3.8, 4) is 0 Å². The van der Waals surface area contributed by atoms with E-state index in [-0.39, 0.29) is 18.4 Å². The average Bonchev–Trinajstić information content (AvgIpc) is 3.08. The lowest BCUT2D eigenvalue weighted by Crippen LogP contribution is -2.39. The van der Waals surface area contributed by atoms with Crippen molar-refractivity contribution < 1.29 is 9.59 Å². The van der Waals surface area contributed by atoms with E-state index in [4.69, 9.17) is 23.2 Å². The number of nitrogens with one attached hydrogen (secondary N) is 1. The Bertz CT molecular complexity index is 753. The second-order valence-corrected chi connectivity index (χ2v) is 7.61. The Balaban J connectivity index is 2.09. The fourth-order valence-electron chi connectivity index (χ4n) is 2.26. The zero-order valence-corrected chi connectivity index (χ0v) is 16.9. The molecule has 140 valence electrons. The molecule has 0 aliphatic carbocycles. The number of amides is 2. The Labute approximate surface area is 166 Å². The summed E-state index contributed by atoms with van der Waals surface area (Å²) in [6.45, 7) is 1.19. The molecule has 2 amide bonds. The van der Waals surface area contributed by atoms with Crippen LogP contribution >= 0.6 is 34.5 Å². The van der Waals surface area contributed by atoms with Crippen LogP contribution in [0.15, 0.2) is 29.8 Å². The molecule has 1 heterocycles. The molecule has 0 radical (unpaired) electrons. The van der Waals surface area contributed by atoms with Crippen LogP contribution in [0, 0.1) is 0 Å². The van der Waals surface area contributed by atoms with E-state index < -0.39 is 0 Å². The van der Waals surface area contributed by atoms with E-state index in [9.17, 15) is 9.59 Å². The van der Waals surface area contributed by atoms with Gasteiger partial charge in [0, 0.05) is 23.7 Å². The number of aromatic nitrogens is 1. The van der Waals surface area contributed by atoms with E-state index in [1.807, 2.05) is 19.0 Å². The number of nitrogens with zero attached hydrogens (tertiary/aromatic N) is 3. The molecule has 9 heteroatoms. The van der Waals surface area contributed by atoms with Crippen molar-refractivity contribution in [2.45, 2.75) is 6.42 Å². The number of benzene rings is 1. The van der Waals surface area contributed by atoms with Crippen LogP contribution in [0.3, 0.4) is 0 Å². The summed E-state index contributed by atoms with van der Waals surface area (Å²) in [7, 11) is 3.92. The van der Waals surface area contributed by atoms with Gasteiger partial charge >= 0.3 is 0 Å². The number of hydrogen-bond donors (Lipinski definition) is 1. The number of carbonyl (C=O) groups is 2. The Morgan fingerprint density at radius 1 is 1.19 bits per heavy atom. The minimum Gasteiger partial charge on any atom is -0.329 e. The number of carbonyl (C=O) groups excluding carboxylic acids is 2. The van der Waals surface area contributed by atoms with Crippen LogP contribution in [0.2, 0.25) is 10.0 Å². The molecule has 6 nitrogen and oxygen atoms in total. The summed E-state index contributed by atoms with van der Waals surface area (Å²) in [5, 5.41) is 5.65. The fourth-order valence-corrected chi connectivity index (χ4v) is 3.10. The van der Waals surface area contributed by atoms with Crippen molar-refractivity contribution in [2.24, 2.45) is 0 Å². The topological polar surface area (TPSA) is 65.5 Å². The van der Waals surface area contributed by atoms with E-state index in [2.05, 4.69) is 10.3 Å². The molecule has 0 unspecified atom stereocenters. The number of thiazole rings is 1. The predicted molar refractivity (Wildman–Crippen MR) is 106 cm³/mol. The van der Waals surface area contributed by atoms with Crippen molar-refractivity contribution in [3.63, 3.8) is 0 Å². The minimum atomic E-state index is -0.293. The first-order valence-electron chi connectivity index (χ1n) is 7.95. The summed E-state index contributed by atoms with van der Waals surface area (Å²) in [5.41, 5.74) is 0.395. The Morgan fingerprint density at radius 3 is 2.58 bits per heavy atom. The maximum Gasteiger partial charge on any atom is 0.254 e. The second kappa shape index (κ2) is 9.87. The van der Waals surface area contributed by atoms with Gasteiger partial charge in [-0.1, -0.05) is 23.2 Å². The molecule has 26 heavy (non-hydrogen) atoms. The van der Waals surface area contributed by atoms with Gasteiger partial charge < -0.3 is 15.1 Å². The van der Waals surface area contributed by atoms with Crippen LogP contribution in [-0.4, -0.2) is 60.3 Å². The Hall–Kier alpha value is -1.67. The molecule has 0 aliphatic rings. The quantitative estimate of drug-likeness (QED) is 0.717. The van der Waals surface area contributed by atoms with Crippen LogP contribution in [0.5, 0.6) is 0 Å². The van der Waals surface area contributed by atoms with E-state index in [0.29, 0.717) is 27.3 Å². The zero-order valence-electron chi connectivity index (χ0n) is 14.5. The molecule has 1 aromatic heterocycles. The van der Waals surface area contributed by atoms with Gasteiger partial charge in [-0.2, -0.15) is 0 Å². The van der Waals surface area contributed by atoms with Crippen LogP contribution < -0.4 is 5.32 Å². The molecular weight excluding hydrogens is 395 g/mol. The van der Waals surface area contributed by atoms with Gasteiger partial charge in [-0.3, -0.25) is 9.59 Å². The van der Waals surface area contributed by atoms with Crippen LogP contribution in [0.4, 0.5) is 5.13 Å². The molecule has 0 atom stereocenters. The van der Waals surface area contributed by atoms with Crippen LogP contribution in [0.1, 0.15) is 16.8 Å². The number of rotatable bonds is 8. The average molecular weight is 415 g/mol. The van der Waals surface area contributed by atoms with Crippen molar-refractivity contribution >= 4 is 51.5 Å². The smallest absolute Gasteiger partial charge is 0.254 e. The molecule has 0 fully saturated rings. The lowest BCUT2D eigenvalue weighted by molar-refractivity contribution is -0.116. The van der Waals surface area contributed by atoms with Crippen molar-refractivity contribution in [1.29, 1.82) is 0 Å². The predicted octanol–water partition coefficient (Wildman–Crippen LogP) is 3.48. The first-order chi connectivity index (χ1) is 12.4. The monoisotopic (exact) mass is 414 g/mol. The van der Waals surface area contributed by atoms with Crippen molar-refractivity contribution in [1.82, 2.24) is 14.8 Å². The Kier molecular flexibility index (Phi) is 7.84. The normalized spacial score (nSPS) is 10.8. The van der Waals surface area contributed by atoms with Crippen LogP contribution in [0.25, 0.3) is 0 Å². The number of hydrogen-bond acceptors (Lipinski definition) is 5. The highest BCUT2D eigenvalue weighted by atomic mass is 35.5. The summed E-state index contributed by atoms with van der Waals surface area (Å²) in [5.74, 6) is -0.560. The van der Waals surface area contributed by atoms with Crippen LogP contribution in [-0.2, 0) is 4.79 Å². The summed E-state index contributed by atoms with van der Waals surface area (Å²) in [6, 6.07) is 4.70. The number of halogens is 2. The third-order valence-electron chi connectivity index (χ3n) is 3.50. The van der Waals surface area contributed by atoms with Gasteiger partial charge in [0.15, 0.2) is 5.13 Å². The van der Waals surface area contributed by atoms with E-state index >= 15 is 0 Å². The van der Waals surface area contributed by atoms with Gasteiger partial charge in [-0.15, -0.1) is 11.3 Å². The molecule has 0 spiro atoms. The van der Waals surface area contributed by atoms with Gasteiger partial charge in [-0.05, 0) is 45.3 Å². The van der Waals surface area contributed by atoms with Gasteiger partial charge in [-0.25, -0.2) is 4.98 Å². The van der Waals surface area contributed by atoms with Gasteiger partial charge in [0.05, 0.1) is 10.0 Å². The molecule has 0 saturated heterocycles. The molecule has 2 aromatic rings. The number of anilines is 1. The fraction of sp³-hybridized carbons (Fsp3) is 0.353. The highest BCUT2D eigenvalue weighted by Gasteiger charge is 2.20. The molecule has 0 bridgehead atoms. The van der Waals surface area contributed by atoms with E-state index in [1.165, 1.54) is 22.3 Å². The Morgan fingerprint density at radius 2 is 1.96 bits per heavy atom. The highest BCUT2D eigenvalue weighted by molar-refractivity contribution is 7.13. The molecular formula is C17H20Cl2N4O2S. The third-order valence-corrected chi connectivity index (χ3v) is 4.93. The molecule has 1 aromatic carbocycles. The molecule has 1 N–H and O–H groups in total. The summed E-state index contributed by atoms with van der Waals surface area (Å²) >= 11 is 13.3. The second-order valence-electron chi connectivity index (χ2n) is 5.90. The summed E-state index contributed by atoms with van der Waals surface area (Å²) < 4.78 is 0. The van der Waals surface area contributed by atoms with Gasteiger partial charge in [0.2, 0.25) is 5.91 Å². The third kappa shape index (κ3) is 6.25. The molecule has 0 saturated carbocycles. The maximum absolute atomic E-state index is 12.8. The molecule has 0 aliphatic heterocycles. The minimum absolute atomic E-state index is 0.0634. The molecule has 2 rings (SSSR count). The van der Waals surface area contributed by atoms with Crippen molar-refractivity contribution in [2.75, 3.05) is 39.0 Å². The summed E-state index contributed by atoms with van der Waals surface area (Å²) in [4.78, 5) is 32.7. The van der Waals surface area contributed by atoms with Gasteiger partial charge in [0.1, 0.15) is 6.54 Å².